The molecule has 1 aromatic heterocycles. The van der Waals surface area contributed by atoms with Gasteiger partial charge in [0.25, 0.3) is 11.8 Å². The zero-order valence-electron chi connectivity index (χ0n) is 18.5. The van der Waals surface area contributed by atoms with Gasteiger partial charge in [0.15, 0.2) is 17.6 Å². The molecular formula is C24H20N4O6S. The molecule has 178 valence electrons. The molecule has 0 spiro atoms. The highest BCUT2D eigenvalue weighted by atomic mass is 32.2. The molecule has 1 unspecified atom stereocenters. The Morgan fingerprint density at radius 1 is 1.06 bits per heavy atom. The molecule has 2 aliphatic heterocycles. The standard InChI is InChI=1S/C24H20N4O6S/c1-13-22(30)28-17-9-14(4-6-18(17)34-13)27-23(31)16-3-2-8-25-24(16)35-11-21(29)26-15-5-7-19-20(10-15)33-12-32-19/h2-10,13H,11-12H2,1H3,(H,26,29)(H,27,31)(H,28,30). The third-order valence-electron chi connectivity index (χ3n) is 5.18. The molecule has 0 radical (unpaired) electrons. The van der Waals surface area contributed by atoms with Gasteiger partial charge in [-0.05, 0) is 49.4 Å². The van der Waals surface area contributed by atoms with Crippen LogP contribution < -0.4 is 30.2 Å². The maximum Gasteiger partial charge on any atom is 0.265 e. The number of pyridine rings is 1. The number of aromatic nitrogens is 1. The lowest BCUT2D eigenvalue weighted by atomic mass is 10.2. The van der Waals surface area contributed by atoms with Crippen LogP contribution in [0.1, 0.15) is 17.3 Å². The van der Waals surface area contributed by atoms with Crippen molar-refractivity contribution in [2.24, 2.45) is 0 Å². The topological polar surface area (TPSA) is 128 Å². The smallest absolute Gasteiger partial charge is 0.265 e. The normalized spacial score (nSPS) is 15.5. The van der Waals surface area contributed by atoms with Crippen molar-refractivity contribution in [1.82, 2.24) is 4.98 Å². The number of fused-ring (bicyclic) bond motifs is 2. The molecule has 2 aliphatic rings. The molecular weight excluding hydrogens is 472 g/mol. The van der Waals surface area contributed by atoms with Gasteiger partial charge in [-0.3, -0.25) is 14.4 Å². The minimum atomic E-state index is -0.583. The quantitative estimate of drug-likeness (QED) is 0.446. The second-order valence-electron chi connectivity index (χ2n) is 7.68. The molecule has 3 aromatic rings. The number of rotatable bonds is 6. The van der Waals surface area contributed by atoms with E-state index >= 15 is 0 Å². The Kier molecular flexibility index (Phi) is 6.15. The van der Waals surface area contributed by atoms with E-state index in [4.69, 9.17) is 14.2 Å². The third-order valence-corrected chi connectivity index (χ3v) is 6.19. The van der Waals surface area contributed by atoms with Crippen LogP contribution in [0, 0.1) is 0 Å². The third kappa shape index (κ3) is 4.99. The van der Waals surface area contributed by atoms with Gasteiger partial charge in [-0.15, -0.1) is 0 Å². The second kappa shape index (κ2) is 9.55. The van der Waals surface area contributed by atoms with E-state index in [1.807, 2.05) is 0 Å². The van der Waals surface area contributed by atoms with Crippen LogP contribution in [0.5, 0.6) is 17.2 Å². The maximum absolute atomic E-state index is 13.0. The van der Waals surface area contributed by atoms with Crippen molar-refractivity contribution in [3.63, 3.8) is 0 Å². The number of ether oxygens (including phenoxy) is 3. The van der Waals surface area contributed by atoms with Gasteiger partial charge >= 0.3 is 0 Å². The van der Waals surface area contributed by atoms with Crippen LogP contribution in [0.2, 0.25) is 0 Å². The fourth-order valence-corrected chi connectivity index (χ4v) is 4.26. The van der Waals surface area contributed by atoms with Crippen LogP contribution >= 0.6 is 11.8 Å². The highest BCUT2D eigenvalue weighted by molar-refractivity contribution is 8.00. The SMILES string of the molecule is CC1Oc2ccc(NC(=O)c3cccnc3SCC(=O)Nc3ccc4c(c3)OCO4)cc2NC1=O. The van der Waals surface area contributed by atoms with E-state index in [0.717, 1.165) is 11.8 Å². The summed E-state index contributed by atoms with van der Waals surface area (Å²) >= 11 is 1.15. The van der Waals surface area contributed by atoms with Gasteiger partial charge in [-0.1, -0.05) is 11.8 Å². The number of carbonyl (C=O) groups is 3. The molecule has 3 heterocycles. The Morgan fingerprint density at radius 3 is 2.69 bits per heavy atom. The van der Waals surface area contributed by atoms with Crippen molar-refractivity contribution in [3.05, 3.63) is 60.3 Å². The molecule has 0 saturated heterocycles. The first-order valence-electron chi connectivity index (χ1n) is 10.7. The van der Waals surface area contributed by atoms with Crippen molar-refractivity contribution in [2.75, 3.05) is 28.5 Å². The molecule has 3 amide bonds. The number of amides is 3. The van der Waals surface area contributed by atoms with Crippen molar-refractivity contribution < 1.29 is 28.6 Å². The number of benzene rings is 2. The molecule has 0 bridgehead atoms. The first-order valence-corrected chi connectivity index (χ1v) is 11.6. The van der Waals surface area contributed by atoms with E-state index in [-0.39, 0.29) is 24.4 Å². The fourth-order valence-electron chi connectivity index (χ4n) is 3.47. The largest absolute Gasteiger partial charge is 0.479 e. The molecule has 3 N–H and O–H groups in total. The highest BCUT2D eigenvalue weighted by Gasteiger charge is 2.24. The molecule has 35 heavy (non-hydrogen) atoms. The Labute approximate surface area is 204 Å². The van der Waals surface area contributed by atoms with E-state index < -0.39 is 12.0 Å². The van der Waals surface area contributed by atoms with Gasteiger partial charge in [-0.25, -0.2) is 4.98 Å². The maximum atomic E-state index is 13.0. The van der Waals surface area contributed by atoms with Crippen LogP contribution in [0.4, 0.5) is 17.1 Å². The number of nitrogens with zero attached hydrogens (tertiary/aromatic N) is 1. The number of nitrogens with one attached hydrogen (secondary N) is 3. The molecule has 0 saturated carbocycles. The molecule has 5 rings (SSSR count). The van der Waals surface area contributed by atoms with Crippen molar-refractivity contribution in [2.45, 2.75) is 18.1 Å². The minimum absolute atomic E-state index is 0.0478. The lowest BCUT2D eigenvalue weighted by Crippen LogP contribution is -2.34. The average molecular weight is 493 g/mol. The summed E-state index contributed by atoms with van der Waals surface area (Å²) in [4.78, 5) is 41.6. The summed E-state index contributed by atoms with van der Waals surface area (Å²) < 4.78 is 16.1. The molecule has 2 aromatic carbocycles. The average Bonchev–Trinajstić information content (AvgIpc) is 3.32. The summed E-state index contributed by atoms with van der Waals surface area (Å²) in [7, 11) is 0. The molecule has 0 aliphatic carbocycles. The van der Waals surface area contributed by atoms with Crippen LogP contribution in [-0.4, -0.2) is 41.4 Å². The highest BCUT2D eigenvalue weighted by Crippen LogP contribution is 2.35. The summed E-state index contributed by atoms with van der Waals surface area (Å²) in [6.07, 6.45) is 0.974. The number of carbonyl (C=O) groups excluding carboxylic acids is 3. The van der Waals surface area contributed by atoms with E-state index in [1.54, 1.807) is 61.7 Å². The number of anilines is 3. The van der Waals surface area contributed by atoms with Gasteiger partial charge in [0, 0.05) is 23.6 Å². The predicted octanol–water partition coefficient (Wildman–Crippen LogP) is 3.51. The van der Waals surface area contributed by atoms with Crippen LogP contribution in [0.3, 0.4) is 0 Å². The van der Waals surface area contributed by atoms with Gasteiger partial charge in [0.2, 0.25) is 12.7 Å². The second-order valence-corrected chi connectivity index (χ2v) is 8.64. The van der Waals surface area contributed by atoms with Crippen LogP contribution in [0.25, 0.3) is 0 Å². The predicted molar refractivity (Wildman–Crippen MR) is 129 cm³/mol. The monoisotopic (exact) mass is 492 g/mol. The molecule has 0 fully saturated rings. The zero-order chi connectivity index (χ0) is 24.4. The number of hydrogen-bond acceptors (Lipinski definition) is 8. The molecule has 1 atom stereocenters. The summed E-state index contributed by atoms with van der Waals surface area (Å²) in [6, 6.07) is 13.4. The van der Waals surface area contributed by atoms with E-state index in [2.05, 4.69) is 20.9 Å². The Bertz CT molecular complexity index is 1330. The summed E-state index contributed by atoms with van der Waals surface area (Å²) in [5.74, 6) is 0.865. The Morgan fingerprint density at radius 2 is 1.83 bits per heavy atom. The number of hydrogen-bond donors (Lipinski definition) is 3. The lowest BCUT2D eigenvalue weighted by Gasteiger charge is -2.23. The summed E-state index contributed by atoms with van der Waals surface area (Å²) in [5, 5.41) is 8.76. The lowest BCUT2D eigenvalue weighted by molar-refractivity contribution is -0.122. The van der Waals surface area contributed by atoms with E-state index in [0.29, 0.717) is 44.9 Å². The van der Waals surface area contributed by atoms with Gasteiger partial charge < -0.3 is 30.2 Å². The summed E-state index contributed by atoms with van der Waals surface area (Å²) in [5.41, 5.74) is 1.86. The van der Waals surface area contributed by atoms with Crippen LogP contribution in [0.15, 0.2) is 59.8 Å². The first kappa shape index (κ1) is 22.5. The summed E-state index contributed by atoms with van der Waals surface area (Å²) in [6.45, 7) is 1.81. The van der Waals surface area contributed by atoms with Crippen molar-refractivity contribution >= 4 is 46.5 Å². The molecule has 10 nitrogen and oxygen atoms in total. The fraction of sp³-hybridized carbons (Fsp3) is 0.167. The Balaban J connectivity index is 1.23. The first-order chi connectivity index (χ1) is 17.0. The van der Waals surface area contributed by atoms with Crippen LogP contribution in [-0.2, 0) is 9.59 Å². The van der Waals surface area contributed by atoms with Gasteiger partial charge in [0.05, 0.1) is 17.0 Å². The van der Waals surface area contributed by atoms with Gasteiger partial charge in [-0.2, -0.15) is 0 Å². The van der Waals surface area contributed by atoms with Crippen molar-refractivity contribution in [1.29, 1.82) is 0 Å². The van der Waals surface area contributed by atoms with Gasteiger partial charge in [0.1, 0.15) is 10.8 Å². The number of thioether (sulfide) groups is 1. The van der Waals surface area contributed by atoms with E-state index in [9.17, 15) is 14.4 Å². The zero-order valence-corrected chi connectivity index (χ0v) is 19.3. The Hall–Kier alpha value is -4.25. The van der Waals surface area contributed by atoms with E-state index in [1.165, 1.54) is 0 Å². The van der Waals surface area contributed by atoms with Crippen molar-refractivity contribution in [3.8, 4) is 17.2 Å². The molecule has 11 heteroatoms. The minimum Gasteiger partial charge on any atom is -0.479 e.